The second-order valence-electron chi connectivity index (χ2n) is 14.9. The molecule has 0 atom stereocenters. The van der Waals surface area contributed by atoms with E-state index in [1.165, 1.54) is 153 Å². The molecule has 4 saturated carbocycles. The van der Waals surface area contributed by atoms with Crippen molar-refractivity contribution in [2.75, 3.05) is 26.2 Å². The molecule has 0 aliphatic heterocycles. The molecule has 4 fully saturated rings. The van der Waals surface area contributed by atoms with E-state index in [4.69, 9.17) is 5.11 Å². The van der Waals surface area contributed by atoms with Crippen LogP contribution in [0.2, 0.25) is 0 Å². The Morgan fingerprint density at radius 2 is 0.873 bits per heavy atom. The molecule has 0 heterocycles. The monoisotopic (exact) mass is 850 g/mol. The van der Waals surface area contributed by atoms with Gasteiger partial charge in [0.2, 0.25) is 0 Å². The van der Waals surface area contributed by atoms with Crippen LogP contribution in [0.4, 0.5) is 11.4 Å². The molecule has 0 spiro atoms. The zero-order valence-electron chi connectivity index (χ0n) is 35.0. The minimum atomic E-state index is -0.349. The summed E-state index contributed by atoms with van der Waals surface area (Å²) in [6.45, 7) is 8.42. The Bertz CT molecular complexity index is 1110. The van der Waals surface area contributed by atoms with Crippen LogP contribution in [0.5, 0.6) is 0 Å². The first-order valence-corrected chi connectivity index (χ1v) is 20.2. The van der Waals surface area contributed by atoms with Crippen molar-refractivity contribution in [2.24, 2.45) is 11.8 Å². The van der Waals surface area contributed by atoms with Crippen LogP contribution in [0.3, 0.4) is 0 Å². The Hall–Kier alpha value is -1.80. The van der Waals surface area contributed by atoms with Crippen molar-refractivity contribution < 1.29 is 49.1 Å². The predicted octanol–water partition coefficient (Wildman–Crippen LogP) is 13.1. The van der Waals surface area contributed by atoms with Gasteiger partial charge in [0, 0.05) is 61.0 Å². The zero-order chi connectivity index (χ0) is 36.0. The molecule has 0 amide bonds. The fourth-order valence-electron chi connectivity index (χ4n) is 8.43. The number of hydrogen-bond acceptors (Lipinski definition) is 6. The SMILES string of the molecule is CC.O=[N+]([O-])c1ccc(C2CCCC2)cc1.O=[N+]([O-])c1ccc(C2CCCC2)cc1.OCCCCCCN(CC1CCCC1)CC1CCCC1.[CH3-].[CH3-].[CH3-].[Fe+2].[Fe]. The molecule has 0 bridgehead atoms. The number of nitrogens with zero attached hydrogens (tertiary/aromatic N) is 3. The molecule has 1 N–H and O–H groups in total. The maximum absolute atomic E-state index is 10.4. The molecular formula is C45H76Fe2N3O5-. The number of hydrogen-bond donors (Lipinski definition) is 1. The van der Waals surface area contributed by atoms with Gasteiger partial charge in [-0.25, -0.2) is 0 Å². The Morgan fingerprint density at radius 1 is 0.564 bits per heavy atom. The first kappa shape index (κ1) is 57.5. The molecule has 318 valence electrons. The van der Waals surface area contributed by atoms with Crippen LogP contribution in [0.25, 0.3) is 0 Å². The summed E-state index contributed by atoms with van der Waals surface area (Å²) < 4.78 is 0. The normalized spacial score (nSPS) is 16.6. The van der Waals surface area contributed by atoms with E-state index in [9.17, 15) is 20.2 Å². The van der Waals surface area contributed by atoms with E-state index >= 15 is 0 Å². The number of benzene rings is 2. The molecule has 4 aliphatic carbocycles. The van der Waals surface area contributed by atoms with Crippen molar-refractivity contribution in [1.82, 2.24) is 4.90 Å². The number of aliphatic hydroxyl groups excluding tert-OH is 1. The molecule has 4 aliphatic rings. The van der Waals surface area contributed by atoms with Gasteiger partial charge in [0.05, 0.1) is 9.85 Å². The summed E-state index contributed by atoms with van der Waals surface area (Å²) >= 11 is 0. The number of non-ortho nitro benzene ring substituents is 2. The Balaban J connectivity index is -0.000000702. The largest absolute Gasteiger partial charge is 2.00 e. The van der Waals surface area contributed by atoms with Crippen molar-refractivity contribution in [3.8, 4) is 0 Å². The van der Waals surface area contributed by atoms with Crippen molar-refractivity contribution >= 4 is 11.4 Å². The van der Waals surface area contributed by atoms with Gasteiger partial charge < -0.3 is 32.3 Å². The molecule has 2 aromatic carbocycles. The second-order valence-corrected chi connectivity index (χ2v) is 14.9. The number of rotatable bonds is 14. The van der Waals surface area contributed by atoms with Crippen LogP contribution in [0.1, 0.15) is 165 Å². The van der Waals surface area contributed by atoms with Crippen molar-refractivity contribution in [3.63, 3.8) is 0 Å². The van der Waals surface area contributed by atoms with Crippen LogP contribution in [-0.4, -0.2) is 46.1 Å². The quantitative estimate of drug-likeness (QED) is 0.0666. The van der Waals surface area contributed by atoms with Gasteiger partial charge in [0.25, 0.3) is 11.4 Å². The predicted molar refractivity (Wildman–Crippen MR) is 225 cm³/mol. The number of unbranched alkanes of at least 4 members (excludes halogenated alkanes) is 3. The summed E-state index contributed by atoms with van der Waals surface area (Å²) in [5.41, 5.74) is 2.89. The van der Waals surface area contributed by atoms with E-state index in [0.717, 1.165) is 18.3 Å². The van der Waals surface area contributed by atoms with Gasteiger partial charge >= 0.3 is 17.1 Å². The molecule has 0 unspecified atom stereocenters. The summed E-state index contributed by atoms with van der Waals surface area (Å²) in [6.07, 6.45) is 26.7. The van der Waals surface area contributed by atoms with Crippen molar-refractivity contribution in [2.45, 2.75) is 154 Å². The third kappa shape index (κ3) is 22.1. The zero-order valence-corrected chi connectivity index (χ0v) is 37.2. The topological polar surface area (TPSA) is 110 Å². The Labute approximate surface area is 358 Å². The first-order valence-electron chi connectivity index (χ1n) is 20.2. The summed E-state index contributed by atoms with van der Waals surface area (Å²) in [6, 6.07) is 14.0. The summed E-state index contributed by atoms with van der Waals surface area (Å²) in [5, 5.41) is 29.7. The fourth-order valence-corrected chi connectivity index (χ4v) is 8.43. The third-order valence-electron chi connectivity index (χ3n) is 11.2. The van der Waals surface area contributed by atoms with E-state index in [1.54, 1.807) is 24.3 Å². The van der Waals surface area contributed by atoms with Crippen LogP contribution in [0, 0.1) is 54.3 Å². The van der Waals surface area contributed by atoms with Gasteiger partial charge in [0.1, 0.15) is 0 Å². The van der Waals surface area contributed by atoms with Crippen LogP contribution < -0.4 is 0 Å². The Morgan fingerprint density at radius 3 is 1.18 bits per heavy atom. The second kappa shape index (κ2) is 34.3. The molecule has 0 saturated heterocycles. The van der Waals surface area contributed by atoms with Gasteiger partial charge in [-0.2, -0.15) is 0 Å². The van der Waals surface area contributed by atoms with Crippen molar-refractivity contribution in [3.05, 3.63) is 102 Å². The minimum Gasteiger partial charge on any atom is -0.396 e. The molecule has 10 heteroatoms. The Kier molecular flexibility index (Phi) is 35.8. The van der Waals surface area contributed by atoms with Crippen LogP contribution >= 0.6 is 0 Å². The third-order valence-corrected chi connectivity index (χ3v) is 11.2. The van der Waals surface area contributed by atoms with Gasteiger partial charge in [-0.05, 0) is 106 Å². The van der Waals surface area contributed by atoms with Gasteiger partial charge in [-0.1, -0.05) is 102 Å². The number of nitro groups is 2. The summed E-state index contributed by atoms with van der Waals surface area (Å²) in [7, 11) is 0. The summed E-state index contributed by atoms with van der Waals surface area (Å²) in [5.74, 6) is 3.26. The van der Waals surface area contributed by atoms with E-state index in [-0.39, 0.29) is 77.6 Å². The molecule has 8 nitrogen and oxygen atoms in total. The smallest absolute Gasteiger partial charge is 0.396 e. The van der Waals surface area contributed by atoms with E-state index in [2.05, 4.69) is 4.90 Å². The van der Waals surface area contributed by atoms with Gasteiger partial charge in [0.15, 0.2) is 0 Å². The molecule has 0 aromatic heterocycles. The van der Waals surface area contributed by atoms with Crippen LogP contribution in [-0.2, 0) is 34.1 Å². The maximum atomic E-state index is 10.4. The molecule has 55 heavy (non-hydrogen) atoms. The molecular weight excluding hydrogens is 774 g/mol. The standard InChI is InChI=1S/C18H35NO.2C11H13NO2.C2H6.3CH3.2Fe/c20-14-8-2-1-7-13-19(15-17-9-3-4-10-17)16-18-11-5-6-12-18;2*13-12(14)11-7-5-10(6-8-11)9-3-1-2-4-9;1-2;;;;;/h17-18,20H,1-16H2;2*5-9H,1-4H2;1-2H3;3*1H3;;/q;;;;3*-1;;+2. The van der Waals surface area contributed by atoms with E-state index in [1.807, 2.05) is 38.1 Å². The van der Waals surface area contributed by atoms with Gasteiger partial charge in [-0.15, -0.1) is 0 Å². The molecule has 2 aromatic rings. The maximum Gasteiger partial charge on any atom is 2.00 e. The minimum absolute atomic E-state index is 0. The van der Waals surface area contributed by atoms with E-state index < -0.39 is 0 Å². The average Bonchev–Trinajstić information content (AvgIpc) is 3.99. The number of aliphatic hydroxyl groups is 1. The van der Waals surface area contributed by atoms with E-state index in [0.29, 0.717) is 18.4 Å². The summed E-state index contributed by atoms with van der Waals surface area (Å²) in [4.78, 5) is 23.0. The number of nitro benzene ring substituents is 2. The van der Waals surface area contributed by atoms with Crippen molar-refractivity contribution in [1.29, 1.82) is 0 Å². The fraction of sp³-hybridized carbons (Fsp3) is 0.667. The molecule has 0 radical (unpaired) electrons. The van der Waals surface area contributed by atoms with Crippen LogP contribution in [0.15, 0.2) is 48.5 Å². The first-order chi connectivity index (χ1) is 24.4. The average molecular weight is 851 g/mol. The van der Waals surface area contributed by atoms with Gasteiger partial charge in [-0.3, -0.25) is 20.2 Å². The molecule has 6 rings (SSSR count).